The molecule has 1 aromatic carbocycles. The number of hydrogen-bond acceptors (Lipinski definition) is 6. The molecule has 2 aromatic rings. The van der Waals surface area contributed by atoms with Gasteiger partial charge in [-0.15, -0.1) is 0 Å². The highest BCUT2D eigenvalue weighted by atomic mass is 16.6. The zero-order valence-electron chi connectivity index (χ0n) is 17.5. The first-order valence-electron chi connectivity index (χ1n) is 10.1. The standard InChI is InChI=1S/C21H27N5O4/c1-11(2)22-20(28)30-13-8-17(29-10-13)16-9-18(26-25-16)23-12-5-6-14-15(7-12)21(3,4)24-19(14)27/h5-7,9,11,13,17H,8,10H2,1-4H3,(H,22,28)(H,24,27)(H2,23,25,26)/t13-,17-/m1/s1. The number of hydrogen-bond donors (Lipinski definition) is 4. The smallest absolute Gasteiger partial charge is 0.407 e. The fourth-order valence-electron chi connectivity index (χ4n) is 3.79. The van der Waals surface area contributed by atoms with Crippen LogP contribution in [0.2, 0.25) is 0 Å². The van der Waals surface area contributed by atoms with E-state index >= 15 is 0 Å². The summed E-state index contributed by atoms with van der Waals surface area (Å²) in [5.41, 5.74) is 2.89. The van der Waals surface area contributed by atoms with Gasteiger partial charge in [0.15, 0.2) is 5.82 Å². The Morgan fingerprint density at radius 3 is 2.90 bits per heavy atom. The number of carbonyl (C=O) groups is 2. The van der Waals surface area contributed by atoms with Crippen molar-refractivity contribution in [3.8, 4) is 0 Å². The highest BCUT2D eigenvalue weighted by Gasteiger charge is 2.35. The Kier molecular flexibility index (Phi) is 5.15. The minimum atomic E-state index is -0.432. The van der Waals surface area contributed by atoms with Crippen LogP contribution in [-0.2, 0) is 15.0 Å². The fraction of sp³-hybridized carbons (Fsp3) is 0.476. The number of amides is 2. The first kappa shape index (κ1) is 20.2. The summed E-state index contributed by atoms with van der Waals surface area (Å²) in [6.07, 6.45) is -0.379. The third-order valence-electron chi connectivity index (χ3n) is 5.22. The van der Waals surface area contributed by atoms with Gasteiger partial charge in [0.25, 0.3) is 5.91 Å². The van der Waals surface area contributed by atoms with Crippen molar-refractivity contribution in [2.24, 2.45) is 0 Å². The molecular formula is C21H27N5O4. The van der Waals surface area contributed by atoms with Crippen LogP contribution in [0.4, 0.5) is 16.3 Å². The molecule has 0 unspecified atom stereocenters. The zero-order chi connectivity index (χ0) is 21.5. The number of carbonyl (C=O) groups excluding carboxylic acids is 2. The summed E-state index contributed by atoms with van der Waals surface area (Å²) in [4.78, 5) is 23.8. The largest absolute Gasteiger partial charge is 0.444 e. The molecule has 4 N–H and O–H groups in total. The van der Waals surface area contributed by atoms with Gasteiger partial charge in [-0.3, -0.25) is 9.89 Å². The van der Waals surface area contributed by atoms with Crippen molar-refractivity contribution in [1.82, 2.24) is 20.8 Å². The molecule has 9 heteroatoms. The van der Waals surface area contributed by atoms with E-state index in [2.05, 4.69) is 26.1 Å². The number of aromatic nitrogens is 2. The summed E-state index contributed by atoms with van der Waals surface area (Å²) in [5, 5.41) is 16.2. The van der Waals surface area contributed by atoms with Crippen LogP contribution < -0.4 is 16.0 Å². The lowest BCUT2D eigenvalue weighted by molar-refractivity contribution is 0.0682. The first-order chi connectivity index (χ1) is 14.2. The average molecular weight is 413 g/mol. The summed E-state index contributed by atoms with van der Waals surface area (Å²) < 4.78 is 11.2. The monoisotopic (exact) mass is 413 g/mol. The van der Waals surface area contributed by atoms with E-state index in [1.807, 2.05) is 52.0 Å². The molecule has 0 aliphatic carbocycles. The number of ether oxygens (including phenoxy) is 2. The second-order valence-electron chi connectivity index (χ2n) is 8.56. The number of nitrogens with one attached hydrogen (secondary N) is 4. The molecule has 2 amide bonds. The van der Waals surface area contributed by atoms with Crippen LogP contribution >= 0.6 is 0 Å². The Bertz CT molecular complexity index is 968. The van der Waals surface area contributed by atoms with Crippen molar-refractivity contribution < 1.29 is 19.1 Å². The molecule has 2 atom stereocenters. The van der Waals surface area contributed by atoms with Crippen LogP contribution in [0.1, 0.15) is 61.8 Å². The molecule has 3 heterocycles. The predicted molar refractivity (Wildman–Crippen MR) is 111 cm³/mol. The number of nitrogens with zero attached hydrogens (tertiary/aromatic N) is 1. The first-order valence-corrected chi connectivity index (χ1v) is 10.1. The van der Waals surface area contributed by atoms with E-state index in [9.17, 15) is 9.59 Å². The van der Waals surface area contributed by atoms with Crippen LogP contribution in [0.5, 0.6) is 0 Å². The molecule has 1 aromatic heterocycles. The molecule has 1 saturated heterocycles. The molecule has 1 fully saturated rings. The van der Waals surface area contributed by atoms with E-state index in [0.717, 1.165) is 16.9 Å². The quantitative estimate of drug-likeness (QED) is 0.598. The van der Waals surface area contributed by atoms with E-state index in [1.54, 1.807) is 0 Å². The molecule has 160 valence electrons. The zero-order valence-corrected chi connectivity index (χ0v) is 17.5. The Balaban J connectivity index is 1.39. The lowest BCUT2D eigenvalue weighted by atomic mass is 9.94. The summed E-state index contributed by atoms with van der Waals surface area (Å²) in [6.45, 7) is 8.06. The SMILES string of the molecule is CC(C)NC(=O)O[C@H]1CO[C@@H](c2cc(Nc3ccc4c(c3)C(C)(C)NC4=O)n[nH]2)C1. The molecule has 30 heavy (non-hydrogen) atoms. The van der Waals surface area contributed by atoms with Gasteiger partial charge in [0.05, 0.1) is 17.8 Å². The summed E-state index contributed by atoms with van der Waals surface area (Å²) >= 11 is 0. The van der Waals surface area contributed by atoms with Gasteiger partial charge in [0.2, 0.25) is 0 Å². The van der Waals surface area contributed by atoms with Crippen molar-refractivity contribution in [3.63, 3.8) is 0 Å². The molecular weight excluding hydrogens is 386 g/mol. The highest BCUT2D eigenvalue weighted by Crippen LogP contribution is 2.34. The van der Waals surface area contributed by atoms with Gasteiger partial charge in [-0.25, -0.2) is 4.79 Å². The number of anilines is 2. The number of aromatic amines is 1. The molecule has 2 aliphatic heterocycles. The number of H-pyrrole nitrogens is 1. The summed E-state index contributed by atoms with van der Waals surface area (Å²) in [5.74, 6) is 0.589. The van der Waals surface area contributed by atoms with E-state index in [0.29, 0.717) is 24.4 Å². The van der Waals surface area contributed by atoms with Gasteiger partial charge in [-0.1, -0.05) is 0 Å². The van der Waals surface area contributed by atoms with E-state index in [4.69, 9.17) is 9.47 Å². The van der Waals surface area contributed by atoms with Gasteiger partial charge < -0.3 is 25.4 Å². The second kappa shape index (κ2) is 7.64. The van der Waals surface area contributed by atoms with Crippen LogP contribution in [0, 0.1) is 0 Å². The van der Waals surface area contributed by atoms with Crippen molar-refractivity contribution >= 4 is 23.5 Å². The maximum Gasteiger partial charge on any atom is 0.407 e. The molecule has 9 nitrogen and oxygen atoms in total. The van der Waals surface area contributed by atoms with E-state index < -0.39 is 11.6 Å². The van der Waals surface area contributed by atoms with Gasteiger partial charge >= 0.3 is 6.09 Å². The number of fused-ring (bicyclic) bond motifs is 1. The van der Waals surface area contributed by atoms with Crippen molar-refractivity contribution in [2.75, 3.05) is 11.9 Å². The topological polar surface area (TPSA) is 117 Å². The van der Waals surface area contributed by atoms with Gasteiger partial charge in [0, 0.05) is 29.8 Å². The summed E-state index contributed by atoms with van der Waals surface area (Å²) in [7, 11) is 0. The normalized spacial score (nSPS) is 22.0. The van der Waals surface area contributed by atoms with Gasteiger partial charge in [-0.05, 0) is 51.5 Å². The minimum absolute atomic E-state index is 0.0237. The summed E-state index contributed by atoms with van der Waals surface area (Å²) in [6, 6.07) is 7.54. The number of rotatable bonds is 5. The minimum Gasteiger partial charge on any atom is -0.444 e. The van der Waals surface area contributed by atoms with Gasteiger partial charge in [0.1, 0.15) is 12.2 Å². The predicted octanol–water partition coefficient (Wildman–Crippen LogP) is 3.10. The third kappa shape index (κ3) is 4.11. The maximum atomic E-state index is 12.0. The maximum absolute atomic E-state index is 12.0. The van der Waals surface area contributed by atoms with Crippen molar-refractivity contribution in [1.29, 1.82) is 0 Å². The van der Waals surface area contributed by atoms with Crippen molar-refractivity contribution in [3.05, 3.63) is 41.1 Å². The van der Waals surface area contributed by atoms with Crippen LogP contribution in [0.3, 0.4) is 0 Å². The molecule has 0 bridgehead atoms. The van der Waals surface area contributed by atoms with Crippen molar-refractivity contribution in [2.45, 2.75) is 57.9 Å². The molecule has 4 rings (SSSR count). The van der Waals surface area contributed by atoms with Crippen LogP contribution in [0.25, 0.3) is 0 Å². The Hall–Kier alpha value is -3.07. The Labute approximate surface area is 174 Å². The molecule has 0 saturated carbocycles. The molecule has 0 spiro atoms. The lowest BCUT2D eigenvalue weighted by Gasteiger charge is -2.19. The van der Waals surface area contributed by atoms with Crippen LogP contribution in [0.15, 0.2) is 24.3 Å². The molecule has 2 aliphatic rings. The average Bonchev–Trinajstić information content (AvgIpc) is 3.34. The van der Waals surface area contributed by atoms with Crippen LogP contribution in [-0.4, -0.2) is 41.0 Å². The number of benzene rings is 1. The lowest BCUT2D eigenvalue weighted by Crippen LogP contribution is -2.33. The Morgan fingerprint density at radius 2 is 2.13 bits per heavy atom. The number of alkyl carbamates (subject to hydrolysis) is 1. The fourth-order valence-corrected chi connectivity index (χ4v) is 3.79. The van der Waals surface area contributed by atoms with E-state index in [-0.39, 0.29) is 24.2 Å². The third-order valence-corrected chi connectivity index (χ3v) is 5.22. The highest BCUT2D eigenvalue weighted by molar-refractivity contribution is 6.00. The second-order valence-corrected chi connectivity index (χ2v) is 8.56. The van der Waals surface area contributed by atoms with Gasteiger partial charge in [-0.2, -0.15) is 5.10 Å². The van der Waals surface area contributed by atoms with E-state index in [1.165, 1.54) is 0 Å². The molecule has 0 radical (unpaired) electrons. The Morgan fingerprint density at radius 1 is 1.33 bits per heavy atom.